The molecule has 2 amide bonds. The average molecular weight is 365 g/mol. The number of carbonyl (C=O) groups is 2. The Labute approximate surface area is 161 Å². The Morgan fingerprint density at radius 3 is 2.30 bits per heavy atom. The molecule has 3 rings (SSSR count). The van der Waals surface area contributed by atoms with Crippen molar-refractivity contribution >= 4 is 17.5 Å². The molecule has 0 unspecified atom stereocenters. The smallest absolute Gasteiger partial charge is 0.317 e. The quantitative estimate of drug-likeness (QED) is 0.826. The van der Waals surface area contributed by atoms with Gasteiger partial charge in [0.25, 0.3) is 0 Å². The number of urea groups is 1. The first kappa shape index (κ1) is 19.0. The molecule has 0 aliphatic carbocycles. The van der Waals surface area contributed by atoms with Crippen LogP contribution in [0.1, 0.15) is 27.9 Å². The predicted molar refractivity (Wildman–Crippen MR) is 108 cm³/mol. The molecule has 1 aliphatic rings. The lowest BCUT2D eigenvalue weighted by Crippen LogP contribution is -2.52. The van der Waals surface area contributed by atoms with Crippen molar-refractivity contribution in [1.29, 1.82) is 0 Å². The van der Waals surface area contributed by atoms with Gasteiger partial charge in [0.1, 0.15) is 0 Å². The molecule has 142 valence electrons. The average Bonchev–Trinajstić information content (AvgIpc) is 2.68. The Morgan fingerprint density at radius 1 is 0.926 bits per heavy atom. The van der Waals surface area contributed by atoms with Crippen molar-refractivity contribution in [2.24, 2.45) is 0 Å². The van der Waals surface area contributed by atoms with Crippen LogP contribution in [-0.4, -0.2) is 49.4 Å². The van der Waals surface area contributed by atoms with Crippen molar-refractivity contribution in [2.45, 2.75) is 20.3 Å². The number of nitrogens with one attached hydrogen (secondary N) is 1. The van der Waals surface area contributed by atoms with Crippen molar-refractivity contribution in [1.82, 2.24) is 10.2 Å². The van der Waals surface area contributed by atoms with Gasteiger partial charge in [-0.15, -0.1) is 0 Å². The van der Waals surface area contributed by atoms with E-state index in [4.69, 9.17) is 0 Å². The number of Topliss-reactive ketones (excluding diaryl/α,β-unsaturated/α-hetero) is 1. The van der Waals surface area contributed by atoms with Crippen molar-refractivity contribution in [3.63, 3.8) is 0 Å². The zero-order valence-corrected chi connectivity index (χ0v) is 16.1. The first-order chi connectivity index (χ1) is 13.0. The predicted octanol–water partition coefficient (Wildman–Crippen LogP) is 3.41. The van der Waals surface area contributed by atoms with Gasteiger partial charge >= 0.3 is 6.03 Å². The molecular formula is C22H27N3O2. The van der Waals surface area contributed by atoms with Gasteiger partial charge in [-0.25, -0.2) is 4.79 Å². The number of ketones is 1. The van der Waals surface area contributed by atoms with Crippen molar-refractivity contribution in [3.05, 3.63) is 65.2 Å². The molecule has 1 saturated heterocycles. The van der Waals surface area contributed by atoms with Gasteiger partial charge in [-0.05, 0) is 31.5 Å². The molecule has 2 aromatic carbocycles. The van der Waals surface area contributed by atoms with Gasteiger partial charge in [0.15, 0.2) is 5.78 Å². The molecule has 1 fully saturated rings. The fourth-order valence-corrected chi connectivity index (χ4v) is 3.27. The van der Waals surface area contributed by atoms with E-state index in [1.807, 2.05) is 36.1 Å². The van der Waals surface area contributed by atoms with Crippen LogP contribution in [-0.2, 0) is 0 Å². The van der Waals surface area contributed by atoms with E-state index >= 15 is 0 Å². The summed E-state index contributed by atoms with van der Waals surface area (Å²) in [6.45, 7) is 7.46. The van der Waals surface area contributed by atoms with Crippen LogP contribution < -0.4 is 10.2 Å². The highest BCUT2D eigenvalue weighted by molar-refractivity contribution is 5.96. The Hall–Kier alpha value is -2.82. The van der Waals surface area contributed by atoms with Crippen molar-refractivity contribution < 1.29 is 9.59 Å². The van der Waals surface area contributed by atoms with Crippen LogP contribution in [0.2, 0.25) is 0 Å². The normalized spacial score (nSPS) is 14.1. The number of anilines is 1. The molecule has 1 aliphatic heterocycles. The minimum atomic E-state index is -0.0874. The number of amides is 2. The van der Waals surface area contributed by atoms with E-state index in [0.717, 1.165) is 18.7 Å². The number of nitrogens with zero attached hydrogens (tertiary/aromatic N) is 2. The van der Waals surface area contributed by atoms with Gasteiger partial charge < -0.3 is 15.1 Å². The minimum absolute atomic E-state index is 0.0552. The van der Waals surface area contributed by atoms with Gasteiger partial charge in [-0.3, -0.25) is 4.79 Å². The summed E-state index contributed by atoms with van der Waals surface area (Å²) in [6.07, 6.45) is 0.318. The van der Waals surface area contributed by atoms with Gasteiger partial charge in [-0.1, -0.05) is 42.0 Å². The van der Waals surface area contributed by atoms with Gasteiger partial charge in [0.2, 0.25) is 0 Å². The van der Waals surface area contributed by atoms with E-state index in [2.05, 4.69) is 41.4 Å². The fraction of sp³-hybridized carbons (Fsp3) is 0.364. The number of aryl methyl sites for hydroxylation is 2. The summed E-state index contributed by atoms with van der Waals surface area (Å²) in [5.74, 6) is 0.0552. The summed E-state index contributed by atoms with van der Waals surface area (Å²) in [7, 11) is 0. The van der Waals surface area contributed by atoms with Crippen LogP contribution >= 0.6 is 0 Å². The molecule has 5 nitrogen and oxygen atoms in total. The molecule has 0 spiro atoms. The monoisotopic (exact) mass is 365 g/mol. The van der Waals surface area contributed by atoms with E-state index in [9.17, 15) is 9.59 Å². The van der Waals surface area contributed by atoms with Crippen LogP contribution in [0.5, 0.6) is 0 Å². The maximum atomic E-state index is 12.3. The Morgan fingerprint density at radius 2 is 1.63 bits per heavy atom. The summed E-state index contributed by atoms with van der Waals surface area (Å²) < 4.78 is 0. The SMILES string of the molecule is Cc1ccc(C(=O)CCNC(=O)N2CCN(c3cccc(C)c3)CC2)cc1. The maximum Gasteiger partial charge on any atom is 0.317 e. The van der Waals surface area contributed by atoms with Crippen molar-refractivity contribution in [2.75, 3.05) is 37.6 Å². The third-order valence-electron chi connectivity index (χ3n) is 4.94. The molecule has 0 radical (unpaired) electrons. The Balaban J connectivity index is 1.42. The number of hydrogen-bond donors (Lipinski definition) is 1. The summed E-state index contributed by atoms with van der Waals surface area (Å²) in [6, 6.07) is 15.9. The highest BCUT2D eigenvalue weighted by atomic mass is 16.2. The molecule has 27 heavy (non-hydrogen) atoms. The molecule has 1 heterocycles. The number of benzene rings is 2. The van der Waals surface area contributed by atoms with Gasteiger partial charge in [0, 0.05) is 50.4 Å². The van der Waals surface area contributed by atoms with Crippen LogP contribution in [0.4, 0.5) is 10.5 Å². The zero-order valence-electron chi connectivity index (χ0n) is 16.1. The molecule has 5 heteroatoms. The summed E-state index contributed by atoms with van der Waals surface area (Å²) in [4.78, 5) is 28.6. The van der Waals surface area contributed by atoms with Crippen LogP contribution in [0, 0.1) is 13.8 Å². The fourth-order valence-electron chi connectivity index (χ4n) is 3.27. The Kier molecular flexibility index (Phi) is 6.12. The van der Waals surface area contributed by atoms with Crippen molar-refractivity contribution in [3.8, 4) is 0 Å². The summed E-state index contributed by atoms with van der Waals surface area (Å²) in [5, 5.41) is 2.88. The summed E-state index contributed by atoms with van der Waals surface area (Å²) >= 11 is 0. The molecule has 0 bridgehead atoms. The van der Waals surface area contributed by atoms with Crippen LogP contribution in [0.3, 0.4) is 0 Å². The lowest BCUT2D eigenvalue weighted by atomic mass is 10.1. The largest absolute Gasteiger partial charge is 0.368 e. The first-order valence-electron chi connectivity index (χ1n) is 9.47. The molecule has 0 atom stereocenters. The molecule has 1 N–H and O–H groups in total. The summed E-state index contributed by atoms with van der Waals surface area (Å²) in [5.41, 5.74) is 4.27. The van der Waals surface area contributed by atoms with E-state index in [-0.39, 0.29) is 11.8 Å². The maximum absolute atomic E-state index is 12.3. The van der Waals surface area contributed by atoms with Gasteiger partial charge in [-0.2, -0.15) is 0 Å². The standard InChI is InChI=1S/C22H27N3O2/c1-17-6-8-19(9-7-17)21(26)10-11-23-22(27)25-14-12-24(13-15-25)20-5-3-4-18(2)16-20/h3-9,16H,10-15H2,1-2H3,(H,23,27). The van der Waals surface area contributed by atoms with E-state index in [0.29, 0.717) is 31.6 Å². The van der Waals surface area contributed by atoms with Gasteiger partial charge in [0.05, 0.1) is 0 Å². The first-order valence-corrected chi connectivity index (χ1v) is 9.47. The highest BCUT2D eigenvalue weighted by Crippen LogP contribution is 2.17. The molecule has 0 aromatic heterocycles. The Bertz CT molecular complexity index is 793. The highest BCUT2D eigenvalue weighted by Gasteiger charge is 2.21. The number of hydrogen-bond acceptors (Lipinski definition) is 3. The lowest BCUT2D eigenvalue weighted by Gasteiger charge is -2.36. The molecular weight excluding hydrogens is 338 g/mol. The second kappa shape index (κ2) is 8.71. The minimum Gasteiger partial charge on any atom is -0.368 e. The number of piperazine rings is 1. The third kappa shape index (κ3) is 5.09. The van der Waals surface area contributed by atoms with Crippen LogP contribution in [0.15, 0.2) is 48.5 Å². The number of carbonyl (C=O) groups excluding carboxylic acids is 2. The lowest BCUT2D eigenvalue weighted by molar-refractivity contribution is 0.0983. The molecule has 2 aromatic rings. The van der Waals surface area contributed by atoms with E-state index < -0.39 is 0 Å². The van der Waals surface area contributed by atoms with Crippen LogP contribution in [0.25, 0.3) is 0 Å². The second-order valence-corrected chi connectivity index (χ2v) is 7.08. The topological polar surface area (TPSA) is 52.7 Å². The second-order valence-electron chi connectivity index (χ2n) is 7.08. The zero-order chi connectivity index (χ0) is 19.2. The van der Waals surface area contributed by atoms with E-state index in [1.165, 1.54) is 11.3 Å². The molecule has 0 saturated carbocycles. The third-order valence-corrected chi connectivity index (χ3v) is 4.94. The van der Waals surface area contributed by atoms with E-state index in [1.54, 1.807) is 0 Å². The number of rotatable bonds is 5.